The molecule has 8 heteroatoms. The predicted octanol–water partition coefficient (Wildman–Crippen LogP) is 5.59. The van der Waals surface area contributed by atoms with Crippen LogP contribution in [0.15, 0.2) is 91.3 Å². The van der Waals surface area contributed by atoms with E-state index >= 15 is 0 Å². The van der Waals surface area contributed by atoms with Crippen LogP contribution in [-0.4, -0.2) is 31.4 Å². The zero-order valence-electron chi connectivity index (χ0n) is 18.3. The average Bonchev–Trinajstić information content (AvgIpc) is 3.26. The number of hydrogen-bond acceptors (Lipinski definition) is 5. The predicted molar refractivity (Wildman–Crippen MR) is 136 cm³/mol. The highest BCUT2D eigenvalue weighted by Crippen LogP contribution is 2.23. The molecule has 5 rings (SSSR count). The molecule has 0 spiro atoms. The van der Waals surface area contributed by atoms with Crippen molar-refractivity contribution in [2.45, 2.75) is 0 Å². The van der Waals surface area contributed by atoms with Crippen molar-refractivity contribution in [3.63, 3.8) is 0 Å². The van der Waals surface area contributed by atoms with Crippen LogP contribution in [0.3, 0.4) is 0 Å². The van der Waals surface area contributed by atoms with Crippen molar-refractivity contribution in [1.29, 1.82) is 0 Å². The Hall–Kier alpha value is -4.62. The van der Waals surface area contributed by atoms with Gasteiger partial charge in [-0.1, -0.05) is 48.0 Å². The van der Waals surface area contributed by atoms with Crippen LogP contribution in [-0.2, 0) is 0 Å². The van der Waals surface area contributed by atoms with Gasteiger partial charge in [0.05, 0.1) is 11.2 Å². The van der Waals surface area contributed by atoms with Gasteiger partial charge in [0.15, 0.2) is 0 Å². The number of para-hydroxylation sites is 1. The molecular weight excluding hydrogens is 462 g/mol. The van der Waals surface area contributed by atoms with E-state index in [9.17, 15) is 9.59 Å². The SMILES string of the molecule is O=C(Nc1cccc(C(=O)c2nn(C=Cc3ccccn3)c3ccccc23)c1)c1ccnc(Cl)c1. The van der Waals surface area contributed by atoms with Gasteiger partial charge in [0.25, 0.3) is 5.91 Å². The molecule has 0 bridgehead atoms. The Bertz CT molecular complexity index is 1580. The Morgan fingerprint density at radius 3 is 2.54 bits per heavy atom. The second kappa shape index (κ2) is 9.70. The number of pyridine rings is 2. The summed E-state index contributed by atoms with van der Waals surface area (Å²) < 4.78 is 1.66. The van der Waals surface area contributed by atoms with Crippen LogP contribution in [0, 0.1) is 0 Å². The minimum absolute atomic E-state index is 0.223. The Labute approximate surface area is 205 Å². The minimum Gasteiger partial charge on any atom is -0.322 e. The van der Waals surface area contributed by atoms with Crippen LogP contribution in [0.1, 0.15) is 32.1 Å². The van der Waals surface area contributed by atoms with Gasteiger partial charge in [0, 0.05) is 40.8 Å². The molecule has 3 aromatic heterocycles. The van der Waals surface area contributed by atoms with E-state index in [4.69, 9.17) is 11.6 Å². The fourth-order valence-corrected chi connectivity index (χ4v) is 3.79. The fraction of sp³-hybridized carbons (Fsp3) is 0. The maximum absolute atomic E-state index is 13.4. The number of ketones is 1. The Balaban J connectivity index is 1.44. The number of carbonyl (C=O) groups is 2. The number of fused-ring (bicyclic) bond motifs is 1. The van der Waals surface area contributed by atoms with Gasteiger partial charge in [-0.25, -0.2) is 9.67 Å². The number of anilines is 1. The van der Waals surface area contributed by atoms with Gasteiger partial charge in [-0.05, 0) is 48.5 Å². The molecule has 0 saturated heterocycles. The molecule has 0 aliphatic carbocycles. The second-order valence-electron chi connectivity index (χ2n) is 7.61. The topological polar surface area (TPSA) is 89.8 Å². The number of benzene rings is 2. The van der Waals surface area contributed by atoms with Crippen LogP contribution < -0.4 is 5.32 Å². The minimum atomic E-state index is -0.353. The Morgan fingerprint density at radius 1 is 0.857 bits per heavy atom. The molecule has 2 aromatic carbocycles. The molecule has 35 heavy (non-hydrogen) atoms. The van der Waals surface area contributed by atoms with Crippen LogP contribution in [0.2, 0.25) is 5.15 Å². The number of rotatable bonds is 6. The summed E-state index contributed by atoms with van der Waals surface area (Å²) in [5.74, 6) is -0.609. The first kappa shape index (κ1) is 22.2. The molecular formula is C27H18ClN5O2. The first-order valence-corrected chi connectivity index (χ1v) is 11.1. The van der Waals surface area contributed by atoms with Gasteiger partial charge in [-0.3, -0.25) is 14.6 Å². The summed E-state index contributed by atoms with van der Waals surface area (Å²) in [6, 6.07) is 22.9. The lowest BCUT2D eigenvalue weighted by molar-refractivity contribution is 0.102. The molecule has 1 amide bonds. The lowest BCUT2D eigenvalue weighted by Gasteiger charge is -2.07. The summed E-state index contributed by atoms with van der Waals surface area (Å²) in [4.78, 5) is 34.2. The second-order valence-corrected chi connectivity index (χ2v) is 8.00. The third-order valence-corrected chi connectivity index (χ3v) is 5.48. The molecule has 1 N–H and O–H groups in total. The Morgan fingerprint density at radius 2 is 1.71 bits per heavy atom. The maximum Gasteiger partial charge on any atom is 0.255 e. The number of nitrogens with zero attached hydrogens (tertiary/aromatic N) is 4. The largest absolute Gasteiger partial charge is 0.322 e. The molecule has 0 atom stereocenters. The quantitative estimate of drug-likeness (QED) is 0.253. The van der Waals surface area contributed by atoms with Crippen molar-refractivity contribution in [2.24, 2.45) is 0 Å². The van der Waals surface area contributed by atoms with E-state index in [1.54, 1.807) is 47.4 Å². The molecule has 3 heterocycles. The van der Waals surface area contributed by atoms with Crippen molar-refractivity contribution in [3.05, 3.63) is 119 Å². The summed E-state index contributed by atoms with van der Waals surface area (Å²) in [6.45, 7) is 0. The number of aromatic nitrogens is 4. The van der Waals surface area contributed by atoms with Crippen LogP contribution in [0.5, 0.6) is 0 Å². The maximum atomic E-state index is 13.4. The van der Waals surface area contributed by atoms with Gasteiger partial charge in [-0.2, -0.15) is 5.10 Å². The summed E-state index contributed by atoms with van der Waals surface area (Å²) in [5.41, 5.74) is 3.13. The molecule has 170 valence electrons. The molecule has 0 aliphatic heterocycles. The lowest BCUT2D eigenvalue weighted by Crippen LogP contribution is -2.12. The van der Waals surface area contributed by atoms with Crippen LogP contribution >= 0.6 is 11.6 Å². The van der Waals surface area contributed by atoms with Gasteiger partial charge in [0.1, 0.15) is 10.8 Å². The zero-order valence-corrected chi connectivity index (χ0v) is 19.1. The van der Waals surface area contributed by atoms with Gasteiger partial charge in [-0.15, -0.1) is 0 Å². The molecule has 0 radical (unpaired) electrons. The number of carbonyl (C=O) groups excluding carboxylic acids is 2. The summed E-state index contributed by atoms with van der Waals surface area (Å²) in [6.07, 6.45) is 6.78. The van der Waals surface area contributed by atoms with Crippen molar-refractivity contribution in [2.75, 3.05) is 5.32 Å². The van der Waals surface area contributed by atoms with Crippen molar-refractivity contribution in [3.8, 4) is 0 Å². The van der Waals surface area contributed by atoms with Gasteiger partial charge in [0.2, 0.25) is 5.78 Å². The first-order valence-electron chi connectivity index (χ1n) is 10.7. The smallest absolute Gasteiger partial charge is 0.255 e. The van der Waals surface area contributed by atoms with E-state index in [1.807, 2.05) is 48.5 Å². The summed E-state index contributed by atoms with van der Waals surface area (Å²) >= 11 is 5.88. The molecule has 0 aliphatic rings. The van der Waals surface area contributed by atoms with E-state index in [0.717, 1.165) is 16.6 Å². The normalized spacial score (nSPS) is 11.1. The van der Waals surface area contributed by atoms with E-state index in [-0.39, 0.29) is 16.8 Å². The molecule has 7 nitrogen and oxygen atoms in total. The number of nitrogens with one attached hydrogen (secondary N) is 1. The highest BCUT2D eigenvalue weighted by Gasteiger charge is 2.19. The van der Waals surface area contributed by atoms with Crippen molar-refractivity contribution < 1.29 is 9.59 Å². The van der Waals surface area contributed by atoms with Crippen molar-refractivity contribution in [1.82, 2.24) is 19.7 Å². The highest BCUT2D eigenvalue weighted by molar-refractivity contribution is 6.29. The van der Waals surface area contributed by atoms with Crippen molar-refractivity contribution >= 4 is 52.2 Å². The molecule has 0 unspecified atom stereocenters. The monoisotopic (exact) mass is 479 g/mol. The van der Waals surface area contributed by atoms with Gasteiger partial charge < -0.3 is 5.32 Å². The molecule has 0 fully saturated rings. The fourth-order valence-electron chi connectivity index (χ4n) is 3.61. The highest BCUT2D eigenvalue weighted by atomic mass is 35.5. The van der Waals surface area contributed by atoms with Gasteiger partial charge >= 0.3 is 0 Å². The Kier molecular flexibility index (Phi) is 6.15. The lowest BCUT2D eigenvalue weighted by atomic mass is 10.0. The van der Waals surface area contributed by atoms with Crippen LogP contribution in [0.25, 0.3) is 23.2 Å². The number of amides is 1. The number of hydrogen-bond donors (Lipinski definition) is 1. The van der Waals surface area contributed by atoms with Crippen LogP contribution in [0.4, 0.5) is 5.69 Å². The summed E-state index contributed by atoms with van der Waals surface area (Å²) in [5, 5.41) is 8.31. The molecule has 0 saturated carbocycles. The number of halogens is 1. The zero-order chi connectivity index (χ0) is 24.2. The first-order chi connectivity index (χ1) is 17.1. The van der Waals surface area contributed by atoms with E-state index < -0.39 is 0 Å². The standard InChI is InChI=1S/C27H18ClN5O2/c28-24-17-19(11-14-30-24)27(35)31-21-8-5-6-18(16-21)26(34)25-22-9-1-2-10-23(22)33(32-25)15-12-20-7-3-4-13-29-20/h1-17H,(H,31,35). The molecule has 5 aromatic rings. The third-order valence-electron chi connectivity index (χ3n) is 5.27. The van der Waals surface area contributed by atoms with E-state index in [2.05, 4.69) is 20.4 Å². The third kappa shape index (κ3) is 4.85. The van der Waals surface area contributed by atoms with E-state index in [0.29, 0.717) is 22.5 Å². The summed E-state index contributed by atoms with van der Waals surface area (Å²) in [7, 11) is 0. The van der Waals surface area contributed by atoms with E-state index in [1.165, 1.54) is 12.3 Å². The average molecular weight is 480 g/mol.